The van der Waals surface area contributed by atoms with Crippen molar-refractivity contribution in [1.82, 2.24) is 39.9 Å². The lowest BCUT2D eigenvalue weighted by Gasteiger charge is -2.13. The number of fused-ring (bicyclic) bond motifs is 16. The highest BCUT2D eigenvalue weighted by Gasteiger charge is 2.26. The van der Waals surface area contributed by atoms with Gasteiger partial charge in [-0.25, -0.2) is 19.9 Å². The van der Waals surface area contributed by atoms with Gasteiger partial charge >= 0.3 is 0 Å². The monoisotopic (exact) mass is 1040 g/mol. The van der Waals surface area contributed by atoms with E-state index in [0.717, 1.165) is 155 Å². The second-order valence-electron chi connectivity index (χ2n) is 23.3. The predicted molar refractivity (Wildman–Crippen MR) is 338 cm³/mol. The molecule has 0 fully saturated rings. The van der Waals surface area contributed by atoms with Crippen LogP contribution in [0.4, 0.5) is 0 Å². The number of hydrogen-bond acceptors (Lipinski definition) is 4. The molecule has 8 heteroatoms. The lowest BCUT2D eigenvalue weighted by molar-refractivity contribution is 1.28. The summed E-state index contributed by atoms with van der Waals surface area (Å²) in [7, 11) is 0. The Balaban J connectivity index is 1.25. The van der Waals surface area contributed by atoms with Gasteiger partial charge in [-0.15, -0.1) is 0 Å². The Bertz CT molecular complexity index is 4780. The lowest BCUT2D eigenvalue weighted by Crippen LogP contribution is -1.93. The minimum atomic E-state index is 0.862. The summed E-state index contributed by atoms with van der Waals surface area (Å²) in [5.41, 5.74) is 37.8. The van der Waals surface area contributed by atoms with Gasteiger partial charge in [0.05, 0.1) is 66.9 Å². The molecule has 10 heterocycles. The second kappa shape index (κ2) is 17.1. The van der Waals surface area contributed by atoms with E-state index in [0.29, 0.717) is 0 Å². The molecule has 0 saturated carbocycles. The minimum Gasteiger partial charge on any atom is -0.353 e. The molecule has 2 aliphatic heterocycles. The van der Waals surface area contributed by atoms with E-state index in [-0.39, 0.29) is 0 Å². The summed E-state index contributed by atoms with van der Waals surface area (Å²) < 4.78 is 0. The van der Waals surface area contributed by atoms with Crippen molar-refractivity contribution in [2.45, 2.75) is 83.1 Å². The Hall–Kier alpha value is -9.40. The van der Waals surface area contributed by atoms with Crippen molar-refractivity contribution in [2.24, 2.45) is 0 Å². The van der Waals surface area contributed by atoms with Crippen LogP contribution in [0.1, 0.15) is 89.5 Å². The number of aromatic amines is 4. The Kier molecular flexibility index (Phi) is 10.2. The molecular weight excluding hydrogens is 977 g/mol. The second-order valence-corrected chi connectivity index (χ2v) is 23.3. The maximum atomic E-state index is 5.98. The minimum absolute atomic E-state index is 0.862. The summed E-state index contributed by atoms with van der Waals surface area (Å²) in [6.07, 6.45) is 8.68. The average molecular weight is 1040 g/mol. The van der Waals surface area contributed by atoms with Crippen molar-refractivity contribution in [3.8, 4) is 44.5 Å². The first-order valence-electron chi connectivity index (χ1n) is 27.9. The lowest BCUT2D eigenvalue weighted by atomic mass is 9.92. The van der Waals surface area contributed by atoms with Crippen molar-refractivity contribution < 1.29 is 0 Å². The molecule has 8 nitrogen and oxygen atoms in total. The number of rotatable bonds is 4. The zero-order chi connectivity index (χ0) is 54.9. The van der Waals surface area contributed by atoms with Crippen molar-refractivity contribution >= 4 is 112 Å². The number of nitrogens with one attached hydrogen (secondary N) is 4. The van der Waals surface area contributed by atoms with Crippen LogP contribution < -0.4 is 0 Å². The molecule has 80 heavy (non-hydrogen) atoms. The van der Waals surface area contributed by atoms with Crippen LogP contribution in [-0.2, 0) is 0 Å². The van der Waals surface area contributed by atoms with Gasteiger partial charge in [0, 0.05) is 65.9 Å². The van der Waals surface area contributed by atoms with Crippen LogP contribution in [0.3, 0.4) is 0 Å². The zero-order valence-electron chi connectivity index (χ0n) is 47.3. The van der Waals surface area contributed by atoms with E-state index in [2.05, 4.69) is 224 Å². The molecule has 0 aliphatic carbocycles. The largest absolute Gasteiger partial charge is 0.353 e. The van der Waals surface area contributed by atoms with Gasteiger partial charge in [0.2, 0.25) is 0 Å². The van der Waals surface area contributed by atoms with Crippen molar-refractivity contribution in [3.63, 3.8) is 0 Å². The molecule has 0 unspecified atom stereocenters. The molecule has 5 aromatic carbocycles. The van der Waals surface area contributed by atoms with Crippen LogP contribution in [0, 0.1) is 83.1 Å². The summed E-state index contributed by atoms with van der Waals surface area (Å²) in [5, 5.41) is 4.03. The molecule has 388 valence electrons. The van der Waals surface area contributed by atoms with E-state index in [1.807, 2.05) is 0 Å². The van der Waals surface area contributed by atoms with Crippen molar-refractivity contribution in [2.75, 3.05) is 0 Å². The molecule has 13 aromatic rings. The van der Waals surface area contributed by atoms with Crippen LogP contribution >= 0.6 is 0 Å². The standard InChI is InChI=1S/C72H60N8/c1-33-21-37(5)61(38(6)22-33)65-53-17-13-49(73-53)50-14-18-54(74-50)66(62-39(7)23-34(2)24-40(62)8)59-31-47-48-32-60-68(64-43(11)27-36(4)28-44(64)12)56-20-16-52(76-56)51-15-19-55(75-51)67(63-41(9)25-35(3)26-42(63)10)58-30-46(71(79-58)72(48)80-60)45-29-57(65)77-69(45)70(47)78-59/h13-32,73,76,78-79H,1-12H3. The van der Waals surface area contributed by atoms with E-state index in [1.165, 1.54) is 66.8 Å². The maximum Gasteiger partial charge on any atom is 0.0958 e. The van der Waals surface area contributed by atoms with E-state index in [9.17, 15) is 0 Å². The van der Waals surface area contributed by atoms with Gasteiger partial charge in [0.1, 0.15) is 0 Å². The van der Waals surface area contributed by atoms with E-state index in [4.69, 9.17) is 19.9 Å². The number of aryl methyl sites for hydroxylation is 12. The molecule has 0 amide bonds. The Morgan fingerprint density at radius 2 is 0.550 bits per heavy atom. The summed E-state index contributed by atoms with van der Waals surface area (Å²) in [4.78, 5) is 39.2. The molecular formula is C72H60N8. The zero-order valence-corrected chi connectivity index (χ0v) is 47.3. The average Bonchev–Trinajstić information content (AvgIpc) is 4.29. The molecule has 4 N–H and O–H groups in total. The van der Waals surface area contributed by atoms with Crippen LogP contribution in [-0.4, -0.2) is 39.9 Å². The fourth-order valence-electron chi connectivity index (χ4n) is 14.4. The molecule has 15 rings (SSSR count). The van der Waals surface area contributed by atoms with Gasteiger partial charge in [-0.3, -0.25) is 0 Å². The smallest absolute Gasteiger partial charge is 0.0958 e. The van der Waals surface area contributed by atoms with Gasteiger partial charge in [-0.2, -0.15) is 0 Å². The summed E-state index contributed by atoms with van der Waals surface area (Å²) >= 11 is 0. The Morgan fingerprint density at radius 1 is 0.250 bits per heavy atom. The quantitative estimate of drug-likeness (QED) is 0.141. The molecule has 16 bridgehead atoms. The highest BCUT2D eigenvalue weighted by Crippen LogP contribution is 2.46. The molecule has 0 saturated heterocycles. The SMILES string of the molecule is Cc1cc(C)c(-c2c3nc(c4ccc([nH]4)c(-c4c(C)cc(C)cc4C)c4cc5c6cc7[nH]c6c6nc(cc6c6cc2[nH]c6c5n4)c(-c2c(C)cc(C)cc2C)c2ccc([nH]2)c2nc(c7-c4c(C)cc(C)cc4C)C=C2)C=C3)c(C)c1. The van der Waals surface area contributed by atoms with E-state index >= 15 is 0 Å². The number of hydrogen-bond donors (Lipinski definition) is 4. The van der Waals surface area contributed by atoms with Crippen molar-refractivity contribution in [1.29, 1.82) is 0 Å². The van der Waals surface area contributed by atoms with Gasteiger partial charge in [0.15, 0.2) is 0 Å². The fourth-order valence-corrected chi connectivity index (χ4v) is 14.4. The molecule has 2 aliphatic rings. The van der Waals surface area contributed by atoms with Crippen LogP contribution in [0.15, 0.2) is 97.1 Å². The number of aromatic nitrogens is 8. The normalized spacial score (nSPS) is 12.7. The van der Waals surface area contributed by atoms with Crippen LogP contribution in [0.2, 0.25) is 0 Å². The summed E-state index contributed by atoms with van der Waals surface area (Å²) in [5.74, 6) is 0. The van der Waals surface area contributed by atoms with Crippen molar-refractivity contribution in [3.05, 3.63) is 187 Å². The first kappa shape index (κ1) is 47.8. The number of benzene rings is 4. The topological polar surface area (TPSA) is 115 Å². The first-order valence-corrected chi connectivity index (χ1v) is 27.9. The maximum absolute atomic E-state index is 5.98. The first-order chi connectivity index (χ1) is 38.5. The summed E-state index contributed by atoms with van der Waals surface area (Å²) in [6.45, 7) is 26.5. The molecule has 0 spiro atoms. The third-order valence-electron chi connectivity index (χ3n) is 17.2. The Morgan fingerprint density at radius 3 is 0.887 bits per heavy atom. The third-order valence-corrected chi connectivity index (χ3v) is 17.2. The Labute approximate surface area is 463 Å². The highest BCUT2D eigenvalue weighted by atomic mass is 14.8. The third kappa shape index (κ3) is 7.07. The molecule has 0 atom stereocenters. The fraction of sp³-hybridized carbons (Fsp3) is 0.167. The van der Waals surface area contributed by atoms with Crippen LogP contribution in [0.25, 0.3) is 157 Å². The number of nitrogens with zero attached hydrogens (tertiary/aromatic N) is 4. The van der Waals surface area contributed by atoms with Crippen LogP contribution in [0.5, 0.6) is 0 Å². The summed E-state index contributed by atoms with van der Waals surface area (Å²) in [6, 6.07) is 36.5. The van der Waals surface area contributed by atoms with Gasteiger partial charge in [0.25, 0.3) is 0 Å². The number of H-pyrrole nitrogens is 4. The van der Waals surface area contributed by atoms with E-state index in [1.54, 1.807) is 0 Å². The van der Waals surface area contributed by atoms with Gasteiger partial charge < -0.3 is 19.9 Å². The highest BCUT2D eigenvalue weighted by molar-refractivity contribution is 6.28. The molecule has 8 aromatic heterocycles. The van der Waals surface area contributed by atoms with Gasteiger partial charge in [-0.1, -0.05) is 70.8 Å². The predicted octanol–water partition coefficient (Wildman–Crippen LogP) is 18.8. The molecule has 0 radical (unpaired) electrons. The van der Waals surface area contributed by atoms with Gasteiger partial charge in [-0.05, 0) is 223 Å². The van der Waals surface area contributed by atoms with E-state index < -0.39 is 0 Å².